The fraction of sp³-hybridized carbons (Fsp3) is 0.458. The number of hydrogen-bond donors (Lipinski definition) is 2. The van der Waals surface area contributed by atoms with Crippen molar-refractivity contribution in [2.75, 3.05) is 31.5 Å². The first kappa shape index (κ1) is 28.4. The molecule has 2 aromatic carbocycles. The molecule has 12 heteroatoms. The number of nitrogens with one attached hydrogen (secondary N) is 2. The summed E-state index contributed by atoms with van der Waals surface area (Å²) in [5.41, 5.74) is -2.83. The topological polar surface area (TPSA) is 44.4 Å². The van der Waals surface area contributed by atoms with E-state index in [9.17, 15) is 31.1 Å². The number of anilines is 1. The van der Waals surface area contributed by atoms with Crippen molar-refractivity contribution in [2.45, 2.75) is 44.0 Å². The number of urea groups is 1. The molecule has 0 bridgehead atoms. The van der Waals surface area contributed by atoms with Crippen molar-refractivity contribution in [3.63, 3.8) is 0 Å². The number of amides is 2. The highest BCUT2D eigenvalue weighted by molar-refractivity contribution is 6.42. The first-order valence-electron chi connectivity index (χ1n) is 11.3. The summed E-state index contributed by atoms with van der Waals surface area (Å²) in [5, 5.41) is 5.36. The highest BCUT2D eigenvalue weighted by Crippen LogP contribution is 2.37. The van der Waals surface area contributed by atoms with E-state index in [0.717, 1.165) is 38.0 Å². The van der Waals surface area contributed by atoms with E-state index in [1.165, 1.54) is 6.42 Å². The summed E-state index contributed by atoms with van der Waals surface area (Å²) in [4.78, 5) is 14.8. The van der Waals surface area contributed by atoms with Gasteiger partial charge in [-0.1, -0.05) is 35.7 Å². The highest BCUT2D eigenvalue weighted by Gasteiger charge is 2.37. The number of benzene rings is 2. The molecule has 1 unspecified atom stereocenters. The number of nitrogens with zero attached hydrogens (tertiary/aromatic N) is 1. The minimum absolute atomic E-state index is 0.00396. The van der Waals surface area contributed by atoms with E-state index in [4.69, 9.17) is 23.2 Å². The Bertz CT molecular complexity index is 1020. The van der Waals surface area contributed by atoms with Gasteiger partial charge >= 0.3 is 18.4 Å². The van der Waals surface area contributed by atoms with Gasteiger partial charge in [0.1, 0.15) is 0 Å². The van der Waals surface area contributed by atoms with E-state index < -0.39 is 35.2 Å². The van der Waals surface area contributed by atoms with Gasteiger partial charge in [-0.05, 0) is 74.8 Å². The van der Waals surface area contributed by atoms with Crippen LogP contribution in [0.25, 0.3) is 0 Å². The smallest absolute Gasteiger partial charge is 0.337 e. The lowest BCUT2D eigenvalue weighted by Gasteiger charge is -2.28. The number of alkyl halides is 6. The van der Waals surface area contributed by atoms with Gasteiger partial charge < -0.3 is 15.5 Å². The summed E-state index contributed by atoms with van der Waals surface area (Å²) in [6.45, 7) is 2.79. The number of rotatable bonds is 7. The van der Waals surface area contributed by atoms with Gasteiger partial charge in [0.25, 0.3) is 0 Å². The molecule has 2 amide bonds. The fourth-order valence-corrected chi connectivity index (χ4v) is 4.40. The first-order chi connectivity index (χ1) is 16.8. The van der Waals surface area contributed by atoms with Crippen LogP contribution in [0.3, 0.4) is 0 Å². The third-order valence-electron chi connectivity index (χ3n) is 6.01. The van der Waals surface area contributed by atoms with E-state index in [1.807, 2.05) is 0 Å². The zero-order chi connectivity index (χ0) is 26.5. The molecular formula is C24H25Cl2F6N3O. The van der Waals surface area contributed by atoms with Crippen LogP contribution < -0.4 is 10.6 Å². The van der Waals surface area contributed by atoms with Gasteiger partial charge in [-0.15, -0.1) is 0 Å². The summed E-state index contributed by atoms with van der Waals surface area (Å²) < 4.78 is 78.6. The SMILES string of the molecule is O=C(NCC(CCN1CCCCC1)c1ccc(Cl)c(Cl)c1)Nc1cc(C(F)(F)F)cc(C(F)(F)F)c1. The van der Waals surface area contributed by atoms with E-state index in [2.05, 4.69) is 15.5 Å². The maximum atomic E-state index is 13.1. The van der Waals surface area contributed by atoms with Crippen molar-refractivity contribution >= 4 is 34.9 Å². The molecule has 1 heterocycles. The number of carbonyl (C=O) groups is 1. The second-order valence-corrected chi connectivity index (χ2v) is 9.51. The van der Waals surface area contributed by atoms with Crippen LogP contribution in [0.4, 0.5) is 36.8 Å². The Morgan fingerprint density at radius 3 is 2.06 bits per heavy atom. The van der Waals surface area contributed by atoms with Crippen LogP contribution in [0.1, 0.15) is 48.3 Å². The molecular weight excluding hydrogens is 531 g/mol. The molecule has 0 aromatic heterocycles. The second-order valence-electron chi connectivity index (χ2n) is 8.69. The molecule has 0 spiro atoms. The number of likely N-dealkylation sites (tertiary alicyclic amines) is 1. The van der Waals surface area contributed by atoms with E-state index in [1.54, 1.807) is 18.2 Å². The van der Waals surface area contributed by atoms with E-state index in [0.29, 0.717) is 28.6 Å². The minimum Gasteiger partial charge on any atom is -0.337 e. The predicted octanol–water partition coefficient (Wildman–Crippen LogP) is 7.81. The van der Waals surface area contributed by atoms with Crippen LogP contribution in [-0.2, 0) is 12.4 Å². The molecule has 2 aromatic rings. The molecule has 1 atom stereocenters. The quantitative estimate of drug-likeness (QED) is 0.342. The lowest BCUT2D eigenvalue weighted by atomic mass is 9.95. The molecule has 36 heavy (non-hydrogen) atoms. The van der Waals surface area contributed by atoms with Gasteiger partial charge in [-0.25, -0.2) is 4.79 Å². The number of halogens is 8. The fourth-order valence-electron chi connectivity index (χ4n) is 4.09. The highest BCUT2D eigenvalue weighted by atomic mass is 35.5. The molecule has 1 saturated heterocycles. The average Bonchev–Trinajstić information content (AvgIpc) is 2.80. The zero-order valence-corrected chi connectivity index (χ0v) is 20.6. The van der Waals surface area contributed by atoms with Crippen molar-refractivity contribution in [3.05, 3.63) is 63.1 Å². The molecule has 198 valence electrons. The van der Waals surface area contributed by atoms with Gasteiger partial charge in [-0.3, -0.25) is 0 Å². The van der Waals surface area contributed by atoms with Crippen LogP contribution in [0.2, 0.25) is 10.0 Å². The summed E-state index contributed by atoms with van der Waals surface area (Å²) in [7, 11) is 0. The van der Waals surface area contributed by atoms with Crippen molar-refractivity contribution in [1.82, 2.24) is 10.2 Å². The molecule has 1 aliphatic heterocycles. The Morgan fingerprint density at radius 1 is 0.889 bits per heavy atom. The van der Waals surface area contributed by atoms with E-state index in [-0.39, 0.29) is 18.5 Å². The van der Waals surface area contributed by atoms with Crippen molar-refractivity contribution < 1.29 is 31.1 Å². The predicted molar refractivity (Wildman–Crippen MR) is 128 cm³/mol. The first-order valence-corrected chi connectivity index (χ1v) is 12.1. The van der Waals surface area contributed by atoms with Crippen LogP contribution in [0.15, 0.2) is 36.4 Å². The van der Waals surface area contributed by atoms with Gasteiger partial charge in [0.15, 0.2) is 0 Å². The Labute approximate surface area is 214 Å². The van der Waals surface area contributed by atoms with Crippen molar-refractivity contribution in [3.8, 4) is 0 Å². The Balaban J connectivity index is 1.72. The summed E-state index contributed by atoms with van der Waals surface area (Å²) >= 11 is 12.2. The Hall–Kier alpha value is -2.17. The molecule has 1 aliphatic rings. The van der Waals surface area contributed by atoms with Crippen LogP contribution in [-0.4, -0.2) is 37.1 Å². The monoisotopic (exact) mass is 555 g/mol. The Kier molecular flexibility index (Phi) is 9.40. The second kappa shape index (κ2) is 11.9. The van der Waals surface area contributed by atoms with Crippen LogP contribution in [0.5, 0.6) is 0 Å². The summed E-state index contributed by atoms with van der Waals surface area (Å²) in [6.07, 6.45) is -5.98. The largest absolute Gasteiger partial charge is 0.416 e. The number of hydrogen-bond acceptors (Lipinski definition) is 2. The molecule has 0 saturated carbocycles. The molecule has 0 aliphatic carbocycles. The zero-order valence-electron chi connectivity index (χ0n) is 19.1. The minimum atomic E-state index is -5.01. The lowest BCUT2D eigenvalue weighted by molar-refractivity contribution is -0.143. The van der Waals surface area contributed by atoms with Gasteiger partial charge in [0, 0.05) is 18.2 Å². The molecule has 3 rings (SSSR count). The lowest BCUT2D eigenvalue weighted by Crippen LogP contribution is -2.35. The van der Waals surface area contributed by atoms with Gasteiger partial charge in [0.2, 0.25) is 0 Å². The maximum absolute atomic E-state index is 13.1. The third kappa shape index (κ3) is 8.18. The van der Waals surface area contributed by atoms with Crippen molar-refractivity contribution in [1.29, 1.82) is 0 Å². The summed E-state index contributed by atoms with van der Waals surface area (Å²) in [6, 6.07) is 5.09. The summed E-state index contributed by atoms with van der Waals surface area (Å²) in [5.74, 6) is -0.209. The van der Waals surface area contributed by atoms with Gasteiger partial charge in [-0.2, -0.15) is 26.3 Å². The average molecular weight is 556 g/mol. The number of carbonyl (C=O) groups excluding carboxylic acids is 1. The van der Waals surface area contributed by atoms with Crippen LogP contribution >= 0.6 is 23.2 Å². The van der Waals surface area contributed by atoms with E-state index >= 15 is 0 Å². The normalized spacial score (nSPS) is 16.0. The Morgan fingerprint density at radius 2 is 1.50 bits per heavy atom. The van der Waals surface area contributed by atoms with Crippen LogP contribution in [0, 0.1) is 0 Å². The molecule has 2 N–H and O–H groups in total. The molecule has 0 radical (unpaired) electrons. The standard InChI is InChI=1S/C24H25Cl2F6N3O/c25-20-5-4-15(10-21(20)26)16(6-9-35-7-2-1-3-8-35)14-33-22(36)34-19-12-17(23(27,28)29)11-18(13-19)24(30,31)32/h4-5,10-13,16H,1-3,6-9,14H2,(H2,33,34,36). The maximum Gasteiger partial charge on any atom is 0.416 e. The third-order valence-corrected chi connectivity index (χ3v) is 6.75. The molecule has 4 nitrogen and oxygen atoms in total. The number of piperidine rings is 1. The van der Waals surface area contributed by atoms with Crippen molar-refractivity contribution in [2.24, 2.45) is 0 Å². The molecule has 1 fully saturated rings. The van der Waals surface area contributed by atoms with Gasteiger partial charge in [0.05, 0.1) is 21.2 Å².